The molecule has 0 spiro atoms. The number of aromatic nitrogens is 1. The molecule has 1 atom stereocenters. The van der Waals surface area contributed by atoms with E-state index in [-0.39, 0.29) is 23.8 Å². The molecule has 0 fully saturated rings. The smallest absolute Gasteiger partial charge is 0.325 e. The molecule has 0 saturated carbocycles. The summed E-state index contributed by atoms with van der Waals surface area (Å²) in [4.78, 5) is 3.95. The third-order valence-corrected chi connectivity index (χ3v) is 5.44. The first-order chi connectivity index (χ1) is 10.5. The predicted octanol–water partition coefficient (Wildman–Crippen LogP) is 0.914. The van der Waals surface area contributed by atoms with Gasteiger partial charge in [0.15, 0.2) is 14.9 Å². The van der Waals surface area contributed by atoms with Gasteiger partial charge in [0, 0.05) is 12.7 Å². The number of pyridine rings is 1. The number of hydrogen-bond donors (Lipinski definition) is 1. The summed E-state index contributed by atoms with van der Waals surface area (Å²) in [6.07, 6.45) is 1.32. The zero-order valence-electron chi connectivity index (χ0n) is 12.3. The molecule has 0 aliphatic carbocycles. The number of fused-ring (bicyclic) bond motifs is 1. The Balaban J connectivity index is 2.00. The third kappa shape index (κ3) is 2.67. The van der Waals surface area contributed by atoms with E-state index in [9.17, 15) is 8.42 Å². The first-order valence-corrected chi connectivity index (χ1v) is 8.79. The molecule has 2 heterocycles. The minimum absolute atomic E-state index is 0.0851. The van der Waals surface area contributed by atoms with Crippen LogP contribution in [-0.2, 0) is 20.2 Å². The average Bonchev–Trinajstić information content (AvgIpc) is 2.85. The van der Waals surface area contributed by atoms with Crippen LogP contribution < -0.4 is 11.2 Å². The Hall–Kier alpha value is -1.70. The van der Waals surface area contributed by atoms with Crippen molar-refractivity contribution in [2.24, 2.45) is 5.73 Å². The summed E-state index contributed by atoms with van der Waals surface area (Å²) in [6.45, 7) is 2.15. The Morgan fingerprint density at radius 3 is 2.77 bits per heavy atom. The van der Waals surface area contributed by atoms with Gasteiger partial charge in [0.05, 0.1) is 11.9 Å². The summed E-state index contributed by atoms with van der Waals surface area (Å²) >= 11 is 0. The van der Waals surface area contributed by atoms with Crippen molar-refractivity contribution in [3.63, 3.8) is 0 Å². The summed E-state index contributed by atoms with van der Waals surface area (Å²) in [7, 11) is -3.48. The average molecular weight is 316 g/mol. The van der Waals surface area contributed by atoms with Crippen molar-refractivity contribution in [1.29, 1.82) is 0 Å². The Morgan fingerprint density at radius 1 is 1.27 bits per heavy atom. The van der Waals surface area contributed by atoms with Crippen LogP contribution in [0.5, 0.6) is 0 Å². The van der Waals surface area contributed by atoms with Crippen molar-refractivity contribution in [3.8, 4) is 0 Å². The van der Waals surface area contributed by atoms with Gasteiger partial charge < -0.3 is 10.4 Å². The van der Waals surface area contributed by atoms with Gasteiger partial charge in [-0.05, 0) is 28.7 Å². The Labute approximate surface area is 130 Å². The van der Waals surface area contributed by atoms with Gasteiger partial charge in [0.25, 0.3) is 0 Å². The third-order valence-electron chi connectivity index (χ3n) is 3.87. The summed E-state index contributed by atoms with van der Waals surface area (Å²) in [5, 5.41) is 0.0922. The minimum Gasteiger partial charge on any atom is -0.423 e. The van der Waals surface area contributed by atoms with Gasteiger partial charge in [-0.3, -0.25) is 0 Å². The topological polar surface area (TPSA) is 82.3 Å². The van der Waals surface area contributed by atoms with Crippen LogP contribution in [0.4, 0.5) is 0 Å². The van der Waals surface area contributed by atoms with Gasteiger partial charge in [-0.2, -0.15) is 0 Å². The molecule has 22 heavy (non-hydrogen) atoms. The van der Waals surface area contributed by atoms with Gasteiger partial charge in [0.1, 0.15) is 0 Å². The molecule has 0 amide bonds. The molecule has 1 aromatic heterocycles. The van der Waals surface area contributed by atoms with Crippen molar-refractivity contribution < 1.29 is 13.1 Å². The molecular formula is C15H17BN2O3S. The van der Waals surface area contributed by atoms with E-state index in [2.05, 4.69) is 4.98 Å². The first-order valence-electron chi connectivity index (χ1n) is 7.14. The van der Waals surface area contributed by atoms with Crippen molar-refractivity contribution in [2.45, 2.75) is 23.7 Å². The molecule has 2 N–H and O–H groups in total. The van der Waals surface area contributed by atoms with Crippen LogP contribution in [0.3, 0.4) is 0 Å². The standard InChI is InChI=1S/C15H17BN2O3S/c1-16-15-11(5-4-6-12(15)13(9-17)21-16)10-22(19,20)14-7-2-3-8-18-14/h2-8,13H,9-10,17H2,1H3/t13-/m0/s1. The zero-order valence-corrected chi connectivity index (χ0v) is 13.1. The maximum atomic E-state index is 12.5. The zero-order chi connectivity index (χ0) is 15.7. The number of sulfone groups is 1. The fourth-order valence-corrected chi connectivity index (χ4v) is 4.23. The SMILES string of the molecule is CB1O[C@@H](CN)c2cccc(CS(=O)(=O)c3ccccn3)c21. The van der Waals surface area contributed by atoms with Crippen LogP contribution >= 0.6 is 0 Å². The number of hydrogen-bond acceptors (Lipinski definition) is 5. The van der Waals surface area contributed by atoms with E-state index in [4.69, 9.17) is 10.4 Å². The van der Waals surface area contributed by atoms with Crippen molar-refractivity contribution in [2.75, 3.05) is 6.54 Å². The lowest BCUT2D eigenvalue weighted by atomic mass is 9.62. The fraction of sp³-hybridized carbons (Fsp3) is 0.267. The monoisotopic (exact) mass is 316 g/mol. The lowest BCUT2D eigenvalue weighted by molar-refractivity contribution is 0.235. The second kappa shape index (κ2) is 5.83. The maximum absolute atomic E-state index is 12.5. The van der Waals surface area contributed by atoms with Crippen molar-refractivity contribution >= 4 is 22.2 Å². The van der Waals surface area contributed by atoms with E-state index in [1.165, 1.54) is 12.3 Å². The summed E-state index contributed by atoms with van der Waals surface area (Å²) < 4.78 is 30.9. The first kappa shape index (κ1) is 15.2. The van der Waals surface area contributed by atoms with E-state index in [0.29, 0.717) is 6.54 Å². The van der Waals surface area contributed by atoms with Gasteiger partial charge >= 0.3 is 6.92 Å². The molecule has 114 valence electrons. The van der Waals surface area contributed by atoms with E-state index in [1.54, 1.807) is 12.1 Å². The number of nitrogens with two attached hydrogens (primary N) is 1. The Kier molecular flexibility index (Phi) is 4.03. The quantitative estimate of drug-likeness (QED) is 0.848. The summed E-state index contributed by atoms with van der Waals surface area (Å²) in [5.41, 5.74) is 8.41. The van der Waals surface area contributed by atoms with Crippen LogP contribution in [0, 0.1) is 0 Å². The summed E-state index contributed by atoms with van der Waals surface area (Å²) in [6, 6.07) is 10.5. The van der Waals surface area contributed by atoms with E-state index in [1.807, 2.05) is 25.0 Å². The lowest BCUT2D eigenvalue weighted by Gasteiger charge is -2.11. The highest BCUT2D eigenvalue weighted by atomic mass is 32.2. The van der Waals surface area contributed by atoms with Crippen molar-refractivity contribution in [1.82, 2.24) is 4.98 Å². The Morgan fingerprint density at radius 2 is 2.09 bits per heavy atom. The summed E-state index contributed by atoms with van der Waals surface area (Å²) in [5.74, 6) is -0.0851. The predicted molar refractivity (Wildman–Crippen MR) is 85.7 cm³/mol. The highest BCUT2D eigenvalue weighted by molar-refractivity contribution is 7.90. The van der Waals surface area contributed by atoms with Gasteiger partial charge in [-0.25, -0.2) is 13.4 Å². The van der Waals surface area contributed by atoms with E-state index >= 15 is 0 Å². The fourth-order valence-electron chi connectivity index (χ4n) is 2.92. The molecule has 5 nitrogen and oxygen atoms in total. The van der Waals surface area contributed by atoms with Gasteiger partial charge in [-0.1, -0.05) is 31.1 Å². The molecule has 1 aliphatic heterocycles. The molecule has 2 aromatic rings. The number of rotatable bonds is 4. The number of nitrogens with zero attached hydrogens (tertiary/aromatic N) is 1. The minimum atomic E-state index is -3.48. The normalized spacial score (nSPS) is 17.5. The van der Waals surface area contributed by atoms with Crippen LogP contribution in [0.1, 0.15) is 17.2 Å². The molecule has 0 unspecified atom stereocenters. The highest BCUT2D eigenvalue weighted by Crippen LogP contribution is 2.26. The molecule has 0 radical (unpaired) electrons. The maximum Gasteiger partial charge on any atom is 0.325 e. The number of benzene rings is 1. The molecule has 3 rings (SSSR count). The second-order valence-corrected chi connectivity index (χ2v) is 7.29. The van der Waals surface area contributed by atoms with Crippen LogP contribution in [0.2, 0.25) is 6.82 Å². The molecule has 1 aliphatic rings. The molecular weight excluding hydrogens is 299 g/mol. The van der Waals surface area contributed by atoms with Crippen LogP contribution in [0.25, 0.3) is 0 Å². The van der Waals surface area contributed by atoms with E-state index in [0.717, 1.165) is 16.6 Å². The molecule has 0 saturated heterocycles. The lowest BCUT2D eigenvalue weighted by Crippen LogP contribution is -2.29. The van der Waals surface area contributed by atoms with Crippen molar-refractivity contribution in [3.05, 3.63) is 53.7 Å². The van der Waals surface area contributed by atoms with Gasteiger partial charge in [0.2, 0.25) is 0 Å². The largest absolute Gasteiger partial charge is 0.423 e. The highest BCUT2D eigenvalue weighted by Gasteiger charge is 2.34. The Bertz CT molecular complexity index is 781. The van der Waals surface area contributed by atoms with Crippen LogP contribution in [0.15, 0.2) is 47.6 Å². The van der Waals surface area contributed by atoms with E-state index < -0.39 is 9.84 Å². The van der Waals surface area contributed by atoms with Gasteiger partial charge in [-0.15, -0.1) is 0 Å². The molecule has 0 bridgehead atoms. The molecule has 1 aromatic carbocycles. The molecule has 7 heteroatoms. The second-order valence-electron chi connectivity index (χ2n) is 5.35. The van der Waals surface area contributed by atoms with Crippen LogP contribution in [-0.4, -0.2) is 26.9 Å².